The summed E-state index contributed by atoms with van der Waals surface area (Å²) in [4.78, 5) is 0. The Kier molecular flexibility index (Phi) is 7.97. The molecule has 0 heterocycles. The summed E-state index contributed by atoms with van der Waals surface area (Å²) in [6.07, 6.45) is 4.47. The number of rotatable bonds is 7. The third kappa shape index (κ3) is 6.42. The zero-order valence-electron chi connectivity index (χ0n) is 11.9. The van der Waals surface area contributed by atoms with Gasteiger partial charge in [-0.05, 0) is 18.4 Å². The molecule has 1 N–H and O–H groups in total. The van der Waals surface area contributed by atoms with Crippen molar-refractivity contribution in [1.29, 1.82) is 0 Å². The second kappa shape index (κ2) is 9.61. The van der Waals surface area contributed by atoms with Gasteiger partial charge in [-0.2, -0.15) is 0 Å². The fourth-order valence-electron chi connectivity index (χ4n) is 1.89. The van der Waals surface area contributed by atoms with E-state index in [-0.39, 0.29) is 6.10 Å². The van der Waals surface area contributed by atoms with E-state index < -0.39 is 6.10 Å². The van der Waals surface area contributed by atoms with Crippen molar-refractivity contribution < 1.29 is 9.84 Å². The Morgan fingerprint density at radius 1 is 1.21 bits per heavy atom. The van der Waals surface area contributed by atoms with E-state index in [2.05, 4.69) is 18.8 Å². The molecule has 19 heavy (non-hydrogen) atoms. The zero-order valence-corrected chi connectivity index (χ0v) is 11.9. The minimum Gasteiger partial charge on any atom is -0.387 e. The van der Waals surface area contributed by atoms with Gasteiger partial charge in [0.1, 0.15) is 6.10 Å². The summed E-state index contributed by atoms with van der Waals surface area (Å²) in [6, 6.07) is 9.63. The molecule has 0 aliphatic heterocycles. The van der Waals surface area contributed by atoms with E-state index in [1.54, 1.807) is 7.11 Å². The van der Waals surface area contributed by atoms with E-state index in [1.165, 1.54) is 12.8 Å². The summed E-state index contributed by atoms with van der Waals surface area (Å²) in [5.74, 6) is 6.13. The Morgan fingerprint density at radius 3 is 2.58 bits per heavy atom. The van der Waals surface area contributed by atoms with Crippen LogP contribution in [0.5, 0.6) is 0 Å². The Bertz CT molecular complexity index is 389. The molecule has 0 bridgehead atoms. The molecule has 0 saturated carbocycles. The first kappa shape index (κ1) is 15.8. The SMILES string of the molecule is CCCCCC(C#CCC(O)c1ccccc1)OC. The van der Waals surface area contributed by atoms with Crippen LogP contribution >= 0.6 is 0 Å². The Hall–Kier alpha value is -1.30. The van der Waals surface area contributed by atoms with Crippen molar-refractivity contribution in [3.8, 4) is 11.8 Å². The maximum Gasteiger partial charge on any atom is 0.117 e. The Balaban J connectivity index is 2.40. The van der Waals surface area contributed by atoms with Crippen molar-refractivity contribution in [3.63, 3.8) is 0 Å². The van der Waals surface area contributed by atoms with E-state index in [1.807, 2.05) is 30.3 Å². The molecule has 1 aromatic rings. The third-order valence-corrected chi connectivity index (χ3v) is 3.10. The highest BCUT2D eigenvalue weighted by molar-refractivity contribution is 5.19. The number of benzene rings is 1. The molecule has 0 aliphatic rings. The van der Waals surface area contributed by atoms with E-state index in [9.17, 15) is 5.11 Å². The molecule has 0 fully saturated rings. The number of hydrogen-bond donors (Lipinski definition) is 1. The van der Waals surface area contributed by atoms with Gasteiger partial charge >= 0.3 is 0 Å². The van der Waals surface area contributed by atoms with E-state index in [0.717, 1.165) is 18.4 Å². The van der Waals surface area contributed by atoms with Crippen LogP contribution in [0.15, 0.2) is 30.3 Å². The van der Waals surface area contributed by atoms with Gasteiger partial charge in [0.2, 0.25) is 0 Å². The van der Waals surface area contributed by atoms with Crippen LogP contribution in [0.4, 0.5) is 0 Å². The van der Waals surface area contributed by atoms with Gasteiger partial charge in [-0.3, -0.25) is 0 Å². The molecule has 2 nitrogen and oxygen atoms in total. The first-order valence-corrected chi connectivity index (χ1v) is 7.02. The first-order chi connectivity index (χ1) is 9.27. The molecule has 2 unspecified atom stereocenters. The van der Waals surface area contributed by atoms with E-state index in [4.69, 9.17) is 4.74 Å². The Labute approximate surface area is 116 Å². The molecule has 2 heteroatoms. The van der Waals surface area contributed by atoms with Gasteiger partial charge in [0.05, 0.1) is 6.10 Å². The number of ether oxygens (including phenoxy) is 1. The standard InChI is InChI=1S/C17H24O2/c1-3-4-6-12-16(19-2)13-9-14-17(18)15-10-7-5-8-11-15/h5,7-8,10-11,16-18H,3-4,6,12,14H2,1-2H3. The van der Waals surface area contributed by atoms with Crippen LogP contribution in [0.3, 0.4) is 0 Å². The fourth-order valence-corrected chi connectivity index (χ4v) is 1.89. The molecule has 0 radical (unpaired) electrons. The molecular formula is C17H24O2. The second-order valence-corrected chi connectivity index (χ2v) is 4.67. The summed E-state index contributed by atoms with van der Waals surface area (Å²) < 4.78 is 5.33. The lowest BCUT2D eigenvalue weighted by atomic mass is 10.1. The highest BCUT2D eigenvalue weighted by Gasteiger charge is 2.05. The molecule has 104 valence electrons. The first-order valence-electron chi connectivity index (χ1n) is 7.02. The second-order valence-electron chi connectivity index (χ2n) is 4.67. The van der Waals surface area contributed by atoms with Crippen molar-refractivity contribution in [2.45, 2.75) is 51.2 Å². The quantitative estimate of drug-likeness (QED) is 0.598. The van der Waals surface area contributed by atoms with E-state index >= 15 is 0 Å². The monoisotopic (exact) mass is 260 g/mol. The average molecular weight is 260 g/mol. The Morgan fingerprint density at radius 2 is 1.95 bits per heavy atom. The molecule has 0 spiro atoms. The van der Waals surface area contributed by atoms with Crippen LogP contribution in [0, 0.1) is 11.8 Å². The normalized spacial score (nSPS) is 13.4. The molecule has 0 amide bonds. The van der Waals surface area contributed by atoms with Gasteiger partial charge in [0.15, 0.2) is 0 Å². The molecule has 0 saturated heterocycles. The van der Waals surface area contributed by atoms with E-state index in [0.29, 0.717) is 6.42 Å². The smallest absolute Gasteiger partial charge is 0.117 e. The van der Waals surface area contributed by atoms with Gasteiger partial charge < -0.3 is 9.84 Å². The van der Waals surface area contributed by atoms with Gasteiger partial charge in [0.25, 0.3) is 0 Å². The molecule has 0 aliphatic carbocycles. The summed E-state index contributed by atoms with van der Waals surface area (Å²) >= 11 is 0. The predicted octanol–water partition coefficient (Wildman–Crippen LogP) is 3.71. The lowest BCUT2D eigenvalue weighted by molar-refractivity contribution is 0.138. The maximum absolute atomic E-state index is 9.98. The van der Waals surface area contributed by atoms with Crippen molar-refractivity contribution in [2.24, 2.45) is 0 Å². The number of methoxy groups -OCH3 is 1. The van der Waals surface area contributed by atoms with Crippen molar-refractivity contribution in [2.75, 3.05) is 7.11 Å². The fraction of sp³-hybridized carbons (Fsp3) is 0.529. The minimum absolute atomic E-state index is 0.00507. The van der Waals surface area contributed by atoms with Crippen LogP contribution in [-0.2, 0) is 4.74 Å². The van der Waals surface area contributed by atoms with Crippen LogP contribution < -0.4 is 0 Å². The van der Waals surface area contributed by atoms with Crippen molar-refractivity contribution in [1.82, 2.24) is 0 Å². The third-order valence-electron chi connectivity index (χ3n) is 3.10. The van der Waals surface area contributed by atoms with Crippen LogP contribution in [-0.4, -0.2) is 18.3 Å². The molecule has 0 aromatic heterocycles. The van der Waals surface area contributed by atoms with Gasteiger partial charge in [-0.25, -0.2) is 0 Å². The highest BCUT2D eigenvalue weighted by Crippen LogP contribution is 2.15. The topological polar surface area (TPSA) is 29.5 Å². The summed E-state index contributed by atoms with van der Waals surface area (Å²) in [5.41, 5.74) is 0.914. The average Bonchev–Trinajstić information content (AvgIpc) is 2.46. The van der Waals surface area contributed by atoms with Gasteiger partial charge in [-0.15, -0.1) is 0 Å². The lowest BCUT2D eigenvalue weighted by Gasteiger charge is -2.09. The zero-order chi connectivity index (χ0) is 13.9. The van der Waals surface area contributed by atoms with Crippen LogP contribution in [0.25, 0.3) is 0 Å². The number of hydrogen-bond acceptors (Lipinski definition) is 2. The molecule has 1 aromatic carbocycles. The summed E-state index contributed by atoms with van der Waals surface area (Å²) in [7, 11) is 1.69. The van der Waals surface area contributed by atoms with Gasteiger partial charge in [0, 0.05) is 13.5 Å². The molecular weight excluding hydrogens is 236 g/mol. The molecule has 2 atom stereocenters. The highest BCUT2D eigenvalue weighted by atomic mass is 16.5. The van der Waals surface area contributed by atoms with Gasteiger partial charge in [-0.1, -0.05) is 61.9 Å². The lowest BCUT2D eigenvalue weighted by Crippen LogP contribution is -2.07. The number of aliphatic hydroxyl groups is 1. The van der Waals surface area contributed by atoms with Crippen LogP contribution in [0.2, 0.25) is 0 Å². The predicted molar refractivity (Wildman–Crippen MR) is 78.7 cm³/mol. The van der Waals surface area contributed by atoms with Crippen molar-refractivity contribution in [3.05, 3.63) is 35.9 Å². The van der Waals surface area contributed by atoms with Crippen LogP contribution in [0.1, 0.15) is 50.7 Å². The summed E-state index contributed by atoms with van der Waals surface area (Å²) in [6.45, 7) is 2.18. The minimum atomic E-state index is -0.512. The summed E-state index contributed by atoms with van der Waals surface area (Å²) in [5, 5.41) is 9.98. The largest absolute Gasteiger partial charge is 0.387 e. The van der Waals surface area contributed by atoms with Crippen molar-refractivity contribution >= 4 is 0 Å². The number of unbranched alkanes of at least 4 members (excludes halogenated alkanes) is 2. The molecule has 1 rings (SSSR count). The number of aliphatic hydroxyl groups excluding tert-OH is 1. The maximum atomic E-state index is 9.98.